The van der Waals surface area contributed by atoms with Crippen molar-refractivity contribution in [3.63, 3.8) is 0 Å². The maximum atomic E-state index is 12.2. The highest BCUT2D eigenvalue weighted by Crippen LogP contribution is 2.16. The highest BCUT2D eigenvalue weighted by molar-refractivity contribution is 5.95. The number of hydrogen-bond donors (Lipinski definition) is 1. The van der Waals surface area contributed by atoms with Crippen LogP contribution in [0.5, 0.6) is 5.75 Å². The molecule has 0 atom stereocenters. The molecule has 8 heteroatoms. The van der Waals surface area contributed by atoms with Crippen molar-refractivity contribution in [2.45, 2.75) is 0 Å². The van der Waals surface area contributed by atoms with Gasteiger partial charge >= 0.3 is 5.97 Å². The molecular formula is C21H25N3O5. The van der Waals surface area contributed by atoms with Gasteiger partial charge < -0.3 is 24.6 Å². The van der Waals surface area contributed by atoms with Crippen LogP contribution in [0.15, 0.2) is 48.5 Å². The van der Waals surface area contributed by atoms with Crippen LogP contribution < -0.4 is 15.0 Å². The van der Waals surface area contributed by atoms with Crippen molar-refractivity contribution in [2.24, 2.45) is 0 Å². The zero-order chi connectivity index (χ0) is 21.4. The number of carbonyl (C=O) groups excluding carboxylic acids is 3. The SMILES string of the molecule is COc1cccc(NC(=O)CN(C)C(=O)COC(=O)c2cccc(N(C)C)c2)c1. The third kappa shape index (κ3) is 6.53. The van der Waals surface area contributed by atoms with Crippen LogP contribution in [0.2, 0.25) is 0 Å². The van der Waals surface area contributed by atoms with E-state index in [1.807, 2.05) is 25.1 Å². The molecule has 8 nitrogen and oxygen atoms in total. The number of hydrogen-bond acceptors (Lipinski definition) is 6. The molecular weight excluding hydrogens is 374 g/mol. The third-order valence-corrected chi connectivity index (χ3v) is 4.09. The first-order chi connectivity index (χ1) is 13.8. The van der Waals surface area contributed by atoms with E-state index in [-0.39, 0.29) is 12.5 Å². The molecule has 0 bridgehead atoms. The first-order valence-electron chi connectivity index (χ1n) is 8.92. The highest BCUT2D eigenvalue weighted by Gasteiger charge is 2.16. The van der Waals surface area contributed by atoms with Gasteiger partial charge in [0.2, 0.25) is 5.91 Å². The average molecular weight is 399 g/mol. The first kappa shape index (κ1) is 21.7. The lowest BCUT2D eigenvalue weighted by atomic mass is 10.2. The number of carbonyl (C=O) groups is 3. The molecule has 2 aromatic carbocycles. The monoisotopic (exact) mass is 399 g/mol. The number of nitrogens with zero attached hydrogens (tertiary/aromatic N) is 2. The molecule has 29 heavy (non-hydrogen) atoms. The fourth-order valence-electron chi connectivity index (χ4n) is 2.44. The molecule has 0 heterocycles. The van der Waals surface area contributed by atoms with E-state index in [1.54, 1.807) is 42.5 Å². The van der Waals surface area contributed by atoms with Crippen LogP contribution in [-0.4, -0.2) is 64.1 Å². The summed E-state index contributed by atoms with van der Waals surface area (Å²) in [7, 11) is 6.72. The zero-order valence-corrected chi connectivity index (χ0v) is 17.0. The van der Waals surface area contributed by atoms with Gasteiger partial charge in [-0.15, -0.1) is 0 Å². The molecule has 0 aliphatic rings. The Hall–Kier alpha value is -3.55. The van der Waals surface area contributed by atoms with Crippen molar-refractivity contribution in [1.29, 1.82) is 0 Å². The van der Waals surface area contributed by atoms with Crippen LogP contribution >= 0.6 is 0 Å². The molecule has 0 aliphatic heterocycles. The van der Waals surface area contributed by atoms with Gasteiger partial charge in [0.25, 0.3) is 5.91 Å². The van der Waals surface area contributed by atoms with Gasteiger partial charge in [0.05, 0.1) is 19.2 Å². The minimum absolute atomic E-state index is 0.177. The summed E-state index contributed by atoms with van der Waals surface area (Å²) in [4.78, 5) is 39.5. The summed E-state index contributed by atoms with van der Waals surface area (Å²) in [5.74, 6) is -0.851. The van der Waals surface area contributed by atoms with Gasteiger partial charge in [-0.2, -0.15) is 0 Å². The molecule has 0 aromatic heterocycles. The van der Waals surface area contributed by atoms with Gasteiger partial charge in [-0.05, 0) is 30.3 Å². The van der Waals surface area contributed by atoms with E-state index in [0.29, 0.717) is 17.0 Å². The smallest absolute Gasteiger partial charge is 0.338 e. The molecule has 2 rings (SSSR count). The quantitative estimate of drug-likeness (QED) is 0.684. The minimum atomic E-state index is -0.601. The lowest BCUT2D eigenvalue weighted by Gasteiger charge is -2.17. The maximum absolute atomic E-state index is 12.2. The second kappa shape index (κ2) is 10.1. The Labute approximate surface area is 170 Å². The Morgan fingerprint density at radius 1 is 1.00 bits per heavy atom. The number of methoxy groups -OCH3 is 1. The fraction of sp³-hybridized carbons (Fsp3) is 0.286. The number of benzene rings is 2. The molecule has 1 N–H and O–H groups in total. The Bertz CT molecular complexity index is 882. The van der Waals surface area contributed by atoms with E-state index in [4.69, 9.17) is 9.47 Å². The minimum Gasteiger partial charge on any atom is -0.497 e. The van der Waals surface area contributed by atoms with E-state index in [2.05, 4.69) is 5.32 Å². The first-order valence-corrected chi connectivity index (χ1v) is 8.92. The Kier molecular flexibility index (Phi) is 7.59. The average Bonchev–Trinajstić information content (AvgIpc) is 2.71. The van der Waals surface area contributed by atoms with Gasteiger partial charge in [-0.1, -0.05) is 12.1 Å². The normalized spacial score (nSPS) is 10.1. The van der Waals surface area contributed by atoms with Crippen LogP contribution in [0.4, 0.5) is 11.4 Å². The molecule has 0 unspecified atom stereocenters. The van der Waals surface area contributed by atoms with Crippen molar-refractivity contribution < 1.29 is 23.9 Å². The number of rotatable bonds is 8. The van der Waals surface area contributed by atoms with Crippen molar-refractivity contribution in [1.82, 2.24) is 4.90 Å². The molecule has 2 aromatic rings. The summed E-state index contributed by atoms with van der Waals surface area (Å²) in [5, 5.41) is 2.68. The third-order valence-electron chi connectivity index (χ3n) is 4.09. The van der Waals surface area contributed by atoms with Crippen molar-refractivity contribution in [3.8, 4) is 5.75 Å². The molecule has 0 saturated carbocycles. The standard InChI is InChI=1S/C21H25N3O5/c1-23(2)17-9-5-7-15(11-17)21(27)29-14-20(26)24(3)13-19(25)22-16-8-6-10-18(12-16)28-4/h5-12H,13-14H2,1-4H3,(H,22,25). The lowest BCUT2D eigenvalue weighted by molar-refractivity contribution is -0.136. The van der Waals surface area contributed by atoms with Crippen molar-refractivity contribution >= 4 is 29.2 Å². The topological polar surface area (TPSA) is 88.2 Å². The van der Waals surface area contributed by atoms with E-state index >= 15 is 0 Å². The molecule has 0 radical (unpaired) electrons. The molecule has 0 fully saturated rings. The summed E-state index contributed by atoms with van der Waals surface area (Å²) >= 11 is 0. The zero-order valence-electron chi connectivity index (χ0n) is 17.0. The van der Waals surface area contributed by atoms with E-state index in [1.165, 1.54) is 19.1 Å². The van der Waals surface area contributed by atoms with Crippen LogP contribution in [0.25, 0.3) is 0 Å². The Balaban J connectivity index is 1.84. The number of amides is 2. The summed E-state index contributed by atoms with van der Waals surface area (Å²) in [6.45, 7) is -0.627. The molecule has 154 valence electrons. The summed E-state index contributed by atoms with van der Waals surface area (Å²) < 4.78 is 10.2. The molecule has 0 saturated heterocycles. The predicted octanol–water partition coefficient (Wildman–Crippen LogP) is 2.02. The maximum Gasteiger partial charge on any atom is 0.338 e. The molecule has 0 spiro atoms. The Morgan fingerprint density at radius 2 is 1.72 bits per heavy atom. The number of ether oxygens (including phenoxy) is 2. The van der Waals surface area contributed by atoms with Crippen molar-refractivity contribution in [2.75, 3.05) is 51.6 Å². The highest BCUT2D eigenvalue weighted by atomic mass is 16.5. The summed E-state index contributed by atoms with van der Waals surface area (Å²) in [5.41, 5.74) is 1.75. The van der Waals surface area contributed by atoms with Crippen LogP contribution in [0, 0.1) is 0 Å². The molecule has 2 amide bonds. The van der Waals surface area contributed by atoms with E-state index in [9.17, 15) is 14.4 Å². The van der Waals surface area contributed by atoms with Gasteiger partial charge in [-0.3, -0.25) is 9.59 Å². The largest absolute Gasteiger partial charge is 0.497 e. The number of nitrogens with one attached hydrogen (secondary N) is 1. The van der Waals surface area contributed by atoms with E-state index in [0.717, 1.165) is 5.69 Å². The Morgan fingerprint density at radius 3 is 2.41 bits per heavy atom. The predicted molar refractivity (Wildman–Crippen MR) is 110 cm³/mol. The number of likely N-dealkylation sites (N-methyl/N-ethyl adjacent to an activating group) is 1. The van der Waals surface area contributed by atoms with Gasteiger partial charge in [-0.25, -0.2) is 4.79 Å². The van der Waals surface area contributed by atoms with Crippen LogP contribution in [0.3, 0.4) is 0 Å². The van der Waals surface area contributed by atoms with Crippen LogP contribution in [-0.2, 0) is 14.3 Å². The number of esters is 1. The lowest BCUT2D eigenvalue weighted by Crippen LogP contribution is -2.37. The van der Waals surface area contributed by atoms with Crippen molar-refractivity contribution in [3.05, 3.63) is 54.1 Å². The molecule has 0 aliphatic carbocycles. The summed E-state index contributed by atoms with van der Waals surface area (Å²) in [6, 6.07) is 13.8. The second-order valence-electron chi connectivity index (χ2n) is 6.55. The fourth-order valence-corrected chi connectivity index (χ4v) is 2.44. The van der Waals surface area contributed by atoms with Gasteiger partial charge in [0.1, 0.15) is 5.75 Å². The number of anilines is 2. The van der Waals surface area contributed by atoms with Gasteiger partial charge in [0.15, 0.2) is 6.61 Å². The van der Waals surface area contributed by atoms with E-state index < -0.39 is 18.5 Å². The summed E-state index contributed by atoms with van der Waals surface area (Å²) in [6.07, 6.45) is 0. The van der Waals surface area contributed by atoms with Gasteiger partial charge in [0, 0.05) is 38.6 Å². The second-order valence-corrected chi connectivity index (χ2v) is 6.55. The van der Waals surface area contributed by atoms with Crippen LogP contribution in [0.1, 0.15) is 10.4 Å².